The summed E-state index contributed by atoms with van der Waals surface area (Å²) in [6, 6.07) is 0. The van der Waals surface area contributed by atoms with Crippen LogP contribution >= 0.6 is 7.82 Å². The molecule has 0 aromatic heterocycles. The molecule has 0 atom stereocenters. The molecule has 3 N–H and O–H groups in total. The third-order valence-corrected chi connectivity index (χ3v) is 0.780. The summed E-state index contributed by atoms with van der Waals surface area (Å²) in [4.78, 5) is 35.1. The van der Waals surface area contributed by atoms with Crippen molar-refractivity contribution in [1.29, 1.82) is 0 Å². The van der Waals surface area contributed by atoms with Gasteiger partial charge in [-0.3, -0.25) is 9.79 Å². The molecular weight excluding hydrogens is 206 g/mol. The number of rotatable bonds is 1. The molecule has 0 aliphatic heterocycles. The quantitative estimate of drug-likeness (QED) is 0.261. The molecule has 0 unspecified atom stereocenters. The molecular formula is C2H4KO7P. The first kappa shape index (κ1) is 14.3. The summed E-state index contributed by atoms with van der Waals surface area (Å²) in [6.07, 6.45) is 0. The summed E-state index contributed by atoms with van der Waals surface area (Å²) in [5.41, 5.74) is 0. The van der Waals surface area contributed by atoms with Gasteiger partial charge in [-0.25, -0.2) is 14.2 Å². The molecule has 0 radical (unpaired) electrons. The molecule has 0 rings (SSSR count). The number of aliphatic carboxylic acids is 1. The van der Waals surface area contributed by atoms with Gasteiger partial charge in [-0.1, -0.05) is 0 Å². The number of carboxylic acids is 1. The van der Waals surface area contributed by atoms with Crippen LogP contribution in [0.4, 0.5) is 0 Å². The minimum absolute atomic E-state index is 0. The molecule has 0 saturated heterocycles. The average molecular weight is 210 g/mol. The molecule has 0 aliphatic rings. The SMILES string of the molecule is O=C(O)C(=O)OP(=O)(O)O.[KH]. The van der Waals surface area contributed by atoms with Gasteiger partial charge in [0.25, 0.3) is 0 Å². The summed E-state index contributed by atoms with van der Waals surface area (Å²) in [5.74, 6) is -4.03. The van der Waals surface area contributed by atoms with Gasteiger partial charge in [0.1, 0.15) is 0 Å². The van der Waals surface area contributed by atoms with E-state index in [1.807, 2.05) is 0 Å². The fourth-order valence-corrected chi connectivity index (χ4v) is 0.441. The predicted octanol–water partition coefficient (Wildman–Crippen LogP) is -1.94. The van der Waals surface area contributed by atoms with E-state index >= 15 is 0 Å². The molecule has 0 saturated carbocycles. The predicted molar refractivity (Wildman–Crippen MR) is 32.9 cm³/mol. The first-order valence-corrected chi connectivity index (χ1v) is 3.38. The van der Waals surface area contributed by atoms with Crippen molar-refractivity contribution >= 4 is 71.1 Å². The second-order valence-electron chi connectivity index (χ2n) is 1.17. The first-order valence-electron chi connectivity index (χ1n) is 1.85. The van der Waals surface area contributed by atoms with E-state index in [4.69, 9.17) is 14.9 Å². The Morgan fingerprint density at radius 1 is 1.27 bits per heavy atom. The molecule has 9 heteroatoms. The van der Waals surface area contributed by atoms with Crippen molar-refractivity contribution in [1.82, 2.24) is 0 Å². The van der Waals surface area contributed by atoms with E-state index in [0.717, 1.165) is 0 Å². The molecule has 0 aromatic carbocycles. The molecule has 0 amide bonds. The Hall–Kier alpha value is 0.726. The Morgan fingerprint density at radius 3 is 1.73 bits per heavy atom. The van der Waals surface area contributed by atoms with E-state index in [-0.39, 0.29) is 51.4 Å². The number of hydrogen-bond donors (Lipinski definition) is 3. The molecule has 0 aliphatic carbocycles. The van der Waals surface area contributed by atoms with Crippen LogP contribution in [0.5, 0.6) is 0 Å². The molecule has 0 fully saturated rings. The normalized spacial score (nSPS) is 9.64. The van der Waals surface area contributed by atoms with Crippen LogP contribution in [0.2, 0.25) is 0 Å². The van der Waals surface area contributed by atoms with Gasteiger partial charge in [0.2, 0.25) is 0 Å². The van der Waals surface area contributed by atoms with Crippen LogP contribution in [-0.2, 0) is 18.7 Å². The van der Waals surface area contributed by atoms with Gasteiger partial charge in [0, 0.05) is 0 Å². The van der Waals surface area contributed by atoms with Crippen LogP contribution in [-0.4, -0.2) is 78.2 Å². The Labute approximate surface area is 103 Å². The van der Waals surface area contributed by atoms with Crippen molar-refractivity contribution in [3.63, 3.8) is 0 Å². The molecule has 0 heterocycles. The molecule has 0 spiro atoms. The zero-order valence-corrected chi connectivity index (χ0v) is 5.32. The average Bonchev–Trinajstić information content (AvgIpc) is 1.60. The summed E-state index contributed by atoms with van der Waals surface area (Å²) in [6.45, 7) is 0. The van der Waals surface area contributed by atoms with Crippen molar-refractivity contribution in [2.75, 3.05) is 0 Å². The van der Waals surface area contributed by atoms with E-state index < -0.39 is 19.8 Å². The maximum absolute atomic E-state index is 9.84. The number of phosphoric ester groups is 1. The molecule has 60 valence electrons. The van der Waals surface area contributed by atoms with Gasteiger partial charge in [-0.05, 0) is 0 Å². The second-order valence-corrected chi connectivity index (χ2v) is 2.34. The zero-order valence-electron chi connectivity index (χ0n) is 4.42. The second kappa shape index (κ2) is 5.39. The van der Waals surface area contributed by atoms with Crippen molar-refractivity contribution in [2.45, 2.75) is 0 Å². The number of carboxylic acid groups (broad SMARTS) is 1. The number of hydrogen-bond acceptors (Lipinski definition) is 4. The van der Waals surface area contributed by atoms with Crippen molar-refractivity contribution in [3.05, 3.63) is 0 Å². The van der Waals surface area contributed by atoms with E-state index in [1.165, 1.54) is 0 Å². The first-order chi connectivity index (χ1) is 4.33. The summed E-state index contributed by atoms with van der Waals surface area (Å²) < 4.78 is 12.9. The Balaban J connectivity index is 0. The van der Waals surface area contributed by atoms with E-state index in [1.54, 1.807) is 0 Å². The number of carbonyl (C=O) groups excluding carboxylic acids is 1. The third kappa shape index (κ3) is 8.63. The summed E-state index contributed by atoms with van der Waals surface area (Å²) in [5, 5.41) is 7.73. The van der Waals surface area contributed by atoms with E-state index in [2.05, 4.69) is 4.52 Å². The van der Waals surface area contributed by atoms with E-state index in [9.17, 15) is 14.2 Å². The van der Waals surface area contributed by atoms with Crippen LogP contribution in [0, 0.1) is 0 Å². The van der Waals surface area contributed by atoms with Gasteiger partial charge < -0.3 is 9.63 Å². The monoisotopic (exact) mass is 210 g/mol. The van der Waals surface area contributed by atoms with Gasteiger partial charge in [-0.2, -0.15) is 0 Å². The zero-order chi connectivity index (χ0) is 8.36. The standard InChI is InChI=1S/C2H3O7P.K.H/c3-1(4)2(5)9-10(6,7)8;;/h(H,3,4)(H2,6,7,8);;. The Morgan fingerprint density at radius 2 is 1.64 bits per heavy atom. The van der Waals surface area contributed by atoms with Crippen molar-refractivity contribution in [3.8, 4) is 0 Å². The van der Waals surface area contributed by atoms with Crippen LogP contribution in [0.15, 0.2) is 0 Å². The molecule has 7 nitrogen and oxygen atoms in total. The van der Waals surface area contributed by atoms with Crippen LogP contribution in [0.3, 0.4) is 0 Å². The van der Waals surface area contributed by atoms with Gasteiger partial charge in [-0.15, -0.1) is 0 Å². The summed E-state index contributed by atoms with van der Waals surface area (Å²) >= 11 is 0. The fourth-order valence-electron chi connectivity index (χ4n) is 0.147. The third-order valence-electron chi connectivity index (χ3n) is 0.376. The van der Waals surface area contributed by atoms with Crippen LogP contribution in [0.25, 0.3) is 0 Å². The number of phosphoric acid groups is 1. The topological polar surface area (TPSA) is 121 Å². The Kier molecular flexibility index (Phi) is 6.98. The van der Waals surface area contributed by atoms with Gasteiger partial charge >= 0.3 is 71.1 Å². The van der Waals surface area contributed by atoms with Crippen LogP contribution < -0.4 is 0 Å². The summed E-state index contributed by atoms with van der Waals surface area (Å²) in [7, 11) is -5.01. The molecule has 0 aromatic rings. The van der Waals surface area contributed by atoms with Crippen molar-refractivity contribution < 1.29 is 33.6 Å². The maximum atomic E-state index is 9.84. The van der Waals surface area contributed by atoms with E-state index in [0.29, 0.717) is 0 Å². The molecule has 0 bridgehead atoms. The van der Waals surface area contributed by atoms with Gasteiger partial charge in [0.05, 0.1) is 0 Å². The van der Waals surface area contributed by atoms with Crippen LogP contribution in [0.1, 0.15) is 0 Å². The van der Waals surface area contributed by atoms with Crippen molar-refractivity contribution in [2.24, 2.45) is 0 Å². The minimum atomic E-state index is -5.01. The Bertz CT molecular complexity index is 204. The fraction of sp³-hybridized carbons (Fsp3) is 0. The van der Waals surface area contributed by atoms with Gasteiger partial charge in [0.15, 0.2) is 0 Å². The number of carbonyl (C=O) groups is 2. The molecule has 11 heavy (non-hydrogen) atoms.